The zero-order chi connectivity index (χ0) is 14.0. The summed E-state index contributed by atoms with van der Waals surface area (Å²) in [5.74, 6) is -0.228. The summed E-state index contributed by atoms with van der Waals surface area (Å²) in [4.78, 5) is 12.1. The molecule has 1 aromatic rings. The fraction of sp³-hybridized carbons (Fsp3) is 0.533. The Morgan fingerprint density at radius 2 is 2.10 bits per heavy atom. The van der Waals surface area contributed by atoms with E-state index in [0.29, 0.717) is 19.6 Å². The van der Waals surface area contributed by atoms with Gasteiger partial charge in [0.05, 0.1) is 18.8 Å². The SMILES string of the molecule is Cl.O=C(CC1COCCN1)NC1(c2ccc(F)cc2)CC1. The van der Waals surface area contributed by atoms with Crippen LogP contribution < -0.4 is 10.6 Å². The van der Waals surface area contributed by atoms with Crippen LogP contribution in [-0.2, 0) is 15.1 Å². The molecule has 1 heterocycles. The van der Waals surface area contributed by atoms with Gasteiger partial charge in [-0.1, -0.05) is 12.1 Å². The van der Waals surface area contributed by atoms with Gasteiger partial charge in [0.15, 0.2) is 0 Å². The number of rotatable bonds is 4. The molecule has 1 saturated heterocycles. The molecular weight excluding hydrogens is 295 g/mol. The Morgan fingerprint density at radius 3 is 2.67 bits per heavy atom. The predicted octanol–water partition coefficient (Wildman–Crippen LogP) is 1.73. The van der Waals surface area contributed by atoms with Gasteiger partial charge in [0.1, 0.15) is 5.82 Å². The lowest BCUT2D eigenvalue weighted by atomic mass is 10.0. The highest BCUT2D eigenvalue weighted by molar-refractivity contribution is 5.85. The lowest BCUT2D eigenvalue weighted by molar-refractivity contribution is -0.123. The van der Waals surface area contributed by atoms with E-state index in [2.05, 4.69) is 10.6 Å². The van der Waals surface area contributed by atoms with E-state index in [4.69, 9.17) is 4.74 Å². The molecule has 6 heteroatoms. The molecule has 0 bridgehead atoms. The molecular formula is C15H20ClFN2O2. The quantitative estimate of drug-likeness (QED) is 0.890. The number of ether oxygens (including phenoxy) is 1. The monoisotopic (exact) mass is 314 g/mol. The van der Waals surface area contributed by atoms with Gasteiger partial charge >= 0.3 is 0 Å². The van der Waals surface area contributed by atoms with Crippen LogP contribution in [0.4, 0.5) is 4.39 Å². The van der Waals surface area contributed by atoms with Crippen LogP contribution in [0, 0.1) is 5.82 Å². The minimum atomic E-state index is -0.277. The second kappa shape index (κ2) is 6.73. The van der Waals surface area contributed by atoms with Crippen molar-refractivity contribution in [2.24, 2.45) is 0 Å². The highest BCUT2D eigenvalue weighted by atomic mass is 35.5. The summed E-state index contributed by atoms with van der Waals surface area (Å²) in [6, 6.07) is 6.48. The molecule has 1 atom stereocenters. The van der Waals surface area contributed by atoms with E-state index >= 15 is 0 Å². The number of amides is 1. The van der Waals surface area contributed by atoms with Crippen molar-refractivity contribution in [3.63, 3.8) is 0 Å². The Morgan fingerprint density at radius 1 is 1.38 bits per heavy atom. The van der Waals surface area contributed by atoms with E-state index in [0.717, 1.165) is 24.9 Å². The van der Waals surface area contributed by atoms with Crippen LogP contribution in [0.15, 0.2) is 24.3 Å². The van der Waals surface area contributed by atoms with Crippen LogP contribution in [0.3, 0.4) is 0 Å². The summed E-state index contributed by atoms with van der Waals surface area (Å²) in [6.07, 6.45) is 2.25. The van der Waals surface area contributed by atoms with Crippen LogP contribution >= 0.6 is 12.4 Å². The Labute approximate surface area is 129 Å². The first kappa shape index (κ1) is 16.2. The highest BCUT2D eigenvalue weighted by Crippen LogP contribution is 2.45. The Bertz CT molecular complexity index is 485. The minimum Gasteiger partial charge on any atom is -0.378 e. The van der Waals surface area contributed by atoms with Crippen molar-refractivity contribution in [2.45, 2.75) is 30.8 Å². The van der Waals surface area contributed by atoms with Crippen LogP contribution in [0.5, 0.6) is 0 Å². The van der Waals surface area contributed by atoms with Crippen molar-refractivity contribution in [1.29, 1.82) is 0 Å². The average Bonchev–Trinajstić information content (AvgIpc) is 3.21. The smallest absolute Gasteiger partial charge is 0.222 e. The van der Waals surface area contributed by atoms with Crippen molar-refractivity contribution in [1.82, 2.24) is 10.6 Å². The maximum Gasteiger partial charge on any atom is 0.222 e. The van der Waals surface area contributed by atoms with Crippen LogP contribution in [0.2, 0.25) is 0 Å². The summed E-state index contributed by atoms with van der Waals surface area (Å²) in [7, 11) is 0. The standard InChI is InChI=1S/C15H19FN2O2.ClH/c16-12-3-1-11(2-4-12)15(5-6-15)18-14(19)9-13-10-20-8-7-17-13;/h1-4,13,17H,5-10H2,(H,18,19);1H. The third kappa shape index (κ3) is 3.93. The number of hydrogen-bond acceptors (Lipinski definition) is 3. The van der Waals surface area contributed by atoms with Gasteiger partial charge in [0, 0.05) is 19.0 Å². The van der Waals surface area contributed by atoms with Gasteiger partial charge in [-0.05, 0) is 30.5 Å². The van der Waals surface area contributed by atoms with Gasteiger partial charge in [-0.2, -0.15) is 0 Å². The van der Waals surface area contributed by atoms with E-state index < -0.39 is 0 Å². The molecule has 0 spiro atoms. The van der Waals surface area contributed by atoms with Gasteiger partial charge < -0.3 is 15.4 Å². The summed E-state index contributed by atoms with van der Waals surface area (Å²) in [5.41, 5.74) is 0.709. The van der Waals surface area contributed by atoms with Gasteiger partial charge in [0.25, 0.3) is 0 Å². The summed E-state index contributed by atoms with van der Waals surface area (Å²) >= 11 is 0. The molecule has 1 unspecified atom stereocenters. The van der Waals surface area contributed by atoms with Crippen molar-refractivity contribution >= 4 is 18.3 Å². The number of nitrogens with one attached hydrogen (secondary N) is 2. The van der Waals surface area contributed by atoms with E-state index in [1.807, 2.05) is 0 Å². The molecule has 1 saturated carbocycles. The molecule has 0 radical (unpaired) electrons. The third-order valence-corrected chi connectivity index (χ3v) is 3.96. The molecule has 1 aliphatic carbocycles. The molecule has 0 aromatic heterocycles. The summed E-state index contributed by atoms with van der Waals surface area (Å²) in [6.45, 7) is 2.08. The van der Waals surface area contributed by atoms with Crippen molar-refractivity contribution in [3.05, 3.63) is 35.6 Å². The number of carbonyl (C=O) groups excluding carboxylic acids is 1. The lowest BCUT2D eigenvalue weighted by Gasteiger charge is -2.25. The molecule has 3 rings (SSSR count). The summed E-state index contributed by atoms with van der Waals surface area (Å²) in [5, 5.41) is 6.36. The predicted molar refractivity (Wildman–Crippen MR) is 79.9 cm³/mol. The summed E-state index contributed by atoms with van der Waals surface area (Å²) < 4.78 is 18.3. The third-order valence-electron chi connectivity index (χ3n) is 3.96. The van der Waals surface area contributed by atoms with E-state index in [1.165, 1.54) is 12.1 Å². The van der Waals surface area contributed by atoms with E-state index in [1.54, 1.807) is 12.1 Å². The highest BCUT2D eigenvalue weighted by Gasteiger charge is 2.45. The fourth-order valence-corrected chi connectivity index (χ4v) is 2.67. The van der Waals surface area contributed by atoms with Gasteiger partial charge in [-0.25, -0.2) is 4.39 Å². The second-order valence-corrected chi connectivity index (χ2v) is 5.57. The second-order valence-electron chi connectivity index (χ2n) is 5.57. The fourth-order valence-electron chi connectivity index (χ4n) is 2.67. The molecule has 4 nitrogen and oxygen atoms in total. The van der Waals surface area contributed by atoms with Crippen molar-refractivity contribution < 1.29 is 13.9 Å². The van der Waals surface area contributed by atoms with E-state index in [-0.39, 0.29) is 35.7 Å². The van der Waals surface area contributed by atoms with Crippen LogP contribution in [0.1, 0.15) is 24.8 Å². The molecule has 2 N–H and O–H groups in total. The zero-order valence-corrected chi connectivity index (χ0v) is 12.5. The lowest BCUT2D eigenvalue weighted by Crippen LogP contribution is -2.45. The zero-order valence-electron chi connectivity index (χ0n) is 11.7. The number of benzene rings is 1. The van der Waals surface area contributed by atoms with Crippen molar-refractivity contribution in [3.8, 4) is 0 Å². The molecule has 1 aromatic carbocycles. The molecule has 116 valence electrons. The normalized spacial score (nSPS) is 23.0. The number of carbonyl (C=O) groups is 1. The molecule has 2 fully saturated rings. The minimum absolute atomic E-state index is 0. The first-order chi connectivity index (χ1) is 9.68. The average molecular weight is 315 g/mol. The van der Waals surface area contributed by atoms with E-state index in [9.17, 15) is 9.18 Å². The largest absolute Gasteiger partial charge is 0.378 e. The maximum absolute atomic E-state index is 13.0. The molecule has 1 amide bonds. The first-order valence-electron chi connectivity index (χ1n) is 7.06. The Hall–Kier alpha value is -1.17. The Kier molecular flexibility index (Phi) is 5.19. The van der Waals surface area contributed by atoms with Crippen LogP contribution in [-0.4, -0.2) is 31.7 Å². The van der Waals surface area contributed by atoms with Gasteiger partial charge in [-0.15, -0.1) is 12.4 Å². The first-order valence-corrected chi connectivity index (χ1v) is 7.06. The van der Waals surface area contributed by atoms with Crippen molar-refractivity contribution in [2.75, 3.05) is 19.8 Å². The number of morpholine rings is 1. The number of hydrogen-bond donors (Lipinski definition) is 2. The van der Waals surface area contributed by atoms with Crippen LogP contribution in [0.25, 0.3) is 0 Å². The molecule has 1 aliphatic heterocycles. The maximum atomic E-state index is 13.0. The molecule has 21 heavy (non-hydrogen) atoms. The molecule has 2 aliphatic rings. The number of halogens is 2. The van der Waals surface area contributed by atoms with Gasteiger partial charge in [0.2, 0.25) is 5.91 Å². The topological polar surface area (TPSA) is 50.4 Å². The Balaban J connectivity index is 0.00000161. The van der Waals surface area contributed by atoms with Gasteiger partial charge in [-0.3, -0.25) is 4.79 Å².